The molecule has 0 radical (unpaired) electrons. The summed E-state index contributed by atoms with van der Waals surface area (Å²) in [5.74, 6) is 5.96. The van der Waals surface area contributed by atoms with Crippen molar-refractivity contribution in [3.63, 3.8) is 0 Å². The number of guanidine groups is 1. The van der Waals surface area contributed by atoms with Crippen LogP contribution in [0.25, 0.3) is 0 Å². The van der Waals surface area contributed by atoms with Crippen molar-refractivity contribution < 1.29 is 0 Å². The molecule has 4 rings (SSSR count). The minimum absolute atomic E-state index is 0.320. The van der Waals surface area contributed by atoms with Crippen molar-refractivity contribution in [2.75, 3.05) is 13.1 Å². The minimum atomic E-state index is 0.320. The molecule has 0 spiro atoms. The highest BCUT2D eigenvalue weighted by Crippen LogP contribution is 2.20. The van der Waals surface area contributed by atoms with Gasteiger partial charge in [0.15, 0.2) is 11.8 Å². The SMILES string of the molecule is CCNC(=NCC1CCc2nnc(C)n2C1)NC1CCc2nc(C(C)C)nn2C1. The van der Waals surface area contributed by atoms with Crippen molar-refractivity contribution in [1.29, 1.82) is 0 Å². The summed E-state index contributed by atoms with van der Waals surface area (Å²) in [6.07, 6.45) is 4.11. The number of aryl methyl sites for hydroxylation is 3. The van der Waals surface area contributed by atoms with E-state index in [2.05, 4.69) is 60.9 Å². The Bertz CT molecular complexity index is 863. The molecule has 0 saturated carbocycles. The third-order valence-corrected chi connectivity index (χ3v) is 5.81. The van der Waals surface area contributed by atoms with Gasteiger partial charge >= 0.3 is 0 Å². The van der Waals surface area contributed by atoms with Gasteiger partial charge in [0, 0.05) is 44.4 Å². The van der Waals surface area contributed by atoms with Crippen LogP contribution in [0.5, 0.6) is 0 Å². The number of hydrogen-bond acceptors (Lipinski definition) is 5. The van der Waals surface area contributed by atoms with E-state index >= 15 is 0 Å². The molecule has 0 fully saturated rings. The monoisotopic (exact) mass is 399 g/mol. The Kier molecular flexibility index (Phi) is 5.82. The average molecular weight is 400 g/mol. The lowest BCUT2D eigenvalue weighted by Gasteiger charge is -2.26. The highest BCUT2D eigenvalue weighted by Gasteiger charge is 2.24. The molecule has 29 heavy (non-hydrogen) atoms. The number of aliphatic imine (C=N–C) groups is 1. The number of nitrogens with zero attached hydrogens (tertiary/aromatic N) is 7. The highest BCUT2D eigenvalue weighted by atomic mass is 15.4. The van der Waals surface area contributed by atoms with Crippen LogP contribution in [-0.2, 0) is 25.9 Å². The van der Waals surface area contributed by atoms with Gasteiger partial charge in [0.05, 0.1) is 6.54 Å². The Hall–Kier alpha value is -2.45. The van der Waals surface area contributed by atoms with Crippen molar-refractivity contribution in [3.8, 4) is 0 Å². The Balaban J connectivity index is 1.37. The predicted octanol–water partition coefficient (Wildman–Crippen LogP) is 1.43. The highest BCUT2D eigenvalue weighted by molar-refractivity contribution is 5.80. The van der Waals surface area contributed by atoms with Crippen molar-refractivity contribution in [2.24, 2.45) is 10.9 Å². The number of aromatic nitrogens is 6. The predicted molar refractivity (Wildman–Crippen MR) is 112 cm³/mol. The number of rotatable bonds is 5. The molecule has 2 unspecified atom stereocenters. The first-order valence-electron chi connectivity index (χ1n) is 10.9. The van der Waals surface area contributed by atoms with Crippen molar-refractivity contribution >= 4 is 5.96 Å². The van der Waals surface area contributed by atoms with Gasteiger partial charge in [-0.15, -0.1) is 10.2 Å². The Morgan fingerprint density at radius 1 is 1.17 bits per heavy atom. The topological polar surface area (TPSA) is 97.8 Å². The van der Waals surface area contributed by atoms with Crippen molar-refractivity contribution in [1.82, 2.24) is 40.2 Å². The van der Waals surface area contributed by atoms with E-state index in [0.717, 1.165) is 81.1 Å². The van der Waals surface area contributed by atoms with E-state index in [1.165, 1.54) is 0 Å². The zero-order chi connectivity index (χ0) is 20.4. The van der Waals surface area contributed by atoms with E-state index in [0.29, 0.717) is 17.9 Å². The normalized spacial score (nSPS) is 21.8. The second kappa shape index (κ2) is 8.51. The molecule has 2 aliphatic heterocycles. The summed E-state index contributed by atoms with van der Waals surface area (Å²) in [4.78, 5) is 9.59. The molecular formula is C20H33N9. The van der Waals surface area contributed by atoms with E-state index in [9.17, 15) is 0 Å². The molecule has 0 saturated heterocycles. The zero-order valence-electron chi connectivity index (χ0n) is 18.0. The molecule has 9 heteroatoms. The standard InChI is InChI=1S/C20H33N9/c1-5-21-20(22-10-15-6-8-18-26-25-14(4)28(18)11-15)23-16-7-9-17-24-19(13(2)3)27-29(17)12-16/h13,15-16H,5-12H2,1-4H3,(H2,21,22,23). The minimum Gasteiger partial charge on any atom is -0.357 e. The lowest BCUT2D eigenvalue weighted by molar-refractivity contribution is 0.367. The molecular weight excluding hydrogens is 366 g/mol. The molecule has 2 aromatic rings. The first-order chi connectivity index (χ1) is 14.0. The van der Waals surface area contributed by atoms with Crippen LogP contribution < -0.4 is 10.6 Å². The van der Waals surface area contributed by atoms with Gasteiger partial charge in [0.2, 0.25) is 0 Å². The van der Waals surface area contributed by atoms with Crippen LogP contribution in [0, 0.1) is 12.8 Å². The molecule has 0 amide bonds. The van der Waals surface area contributed by atoms with Crippen LogP contribution in [0.4, 0.5) is 0 Å². The third-order valence-electron chi connectivity index (χ3n) is 5.81. The maximum Gasteiger partial charge on any atom is 0.191 e. The molecule has 2 N–H and O–H groups in total. The summed E-state index contributed by atoms with van der Waals surface area (Å²) in [6, 6.07) is 0.320. The Morgan fingerprint density at radius 3 is 2.79 bits per heavy atom. The second-order valence-electron chi connectivity index (χ2n) is 8.50. The second-order valence-corrected chi connectivity index (χ2v) is 8.50. The van der Waals surface area contributed by atoms with Gasteiger partial charge in [-0.25, -0.2) is 9.67 Å². The van der Waals surface area contributed by atoms with E-state index in [1.807, 2.05) is 6.92 Å². The van der Waals surface area contributed by atoms with E-state index in [4.69, 9.17) is 4.99 Å². The summed E-state index contributed by atoms with van der Waals surface area (Å²) in [5, 5.41) is 20.2. The van der Waals surface area contributed by atoms with E-state index in [-0.39, 0.29) is 0 Å². The van der Waals surface area contributed by atoms with Gasteiger partial charge in [0.1, 0.15) is 17.5 Å². The molecule has 9 nitrogen and oxygen atoms in total. The number of hydrogen-bond donors (Lipinski definition) is 2. The van der Waals surface area contributed by atoms with Crippen molar-refractivity contribution in [2.45, 2.75) is 78.4 Å². The maximum atomic E-state index is 4.90. The van der Waals surface area contributed by atoms with Crippen LogP contribution in [0.15, 0.2) is 4.99 Å². The summed E-state index contributed by atoms with van der Waals surface area (Å²) in [7, 11) is 0. The van der Waals surface area contributed by atoms with Crippen LogP contribution >= 0.6 is 0 Å². The average Bonchev–Trinajstić information content (AvgIpc) is 3.30. The fourth-order valence-corrected chi connectivity index (χ4v) is 4.10. The van der Waals surface area contributed by atoms with Gasteiger partial charge in [-0.3, -0.25) is 4.99 Å². The quantitative estimate of drug-likeness (QED) is 0.583. The summed E-state index contributed by atoms with van der Waals surface area (Å²) in [5.41, 5.74) is 0. The molecule has 2 aliphatic rings. The van der Waals surface area contributed by atoms with Crippen LogP contribution in [0.1, 0.15) is 62.8 Å². The fraction of sp³-hybridized carbons (Fsp3) is 0.750. The van der Waals surface area contributed by atoms with Gasteiger partial charge < -0.3 is 15.2 Å². The number of fused-ring (bicyclic) bond motifs is 2. The Morgan fingerprint density at radius 2 is 2.00 bits per heavy atom. The maximum absolute atomic E-state index is 4.90. The van der Waals surface area contributed by atoms with Crippen LogP contribution in [-0.4, -0.2) is 54.6 Å². The molecule has 2 aromatic heterocycles. The third kappa shape index (κ3) is 4.43. The lowest BCUT2D eigenvalue weighted by Crippen LogP contribution is -2.47. The zero-order valence-corrected chi connectivity index (χ0v) is 18.0. The van der Waals surface area contributed by atoms with Gasteiger partial charge in [0.25, 0.3) is 0 Å². The number of nitrogens with one attached hydrogen (secondary N) is 2. The molecule has 0 aliphatic carbocycles. The lowest BCUT2D eigenvalue weighted by atomic mass is 9.99. The van der Waals surface area contributed by atoms with E-state index in [1.54, 1.807) is 0 Å². The molecule has 2 atom stereocenters. The fourth-order valence-electron chi connectivity index (χ4n) is 4.10. The summed E-state index contributed by atoms with van der Waals surface area (Å²) < 4.78 is 4.31. The molecule has 158 valence electrons. The van der Waals surface area contributed by atoms with Gasteiger partial charge in [-0.2, -0.15) is 5.10 Å². The van der Waals surface area contributed by atoms with Crippen molar-refractivity contribution in [3.05, 3.63) is 23.3 Å². The Labute approximate surface area is 172 Å². The molecule has 0 aromatic carbocycles. The first-order valence-corrected chi connectivity index (χ1v) is 10.9. The molecule has 4 heterocycles. The summed E-state index contributed by atoms with van der Waals surface area (Å²) in [6.45, 7) is 11.9. The summed E-state index contributed by atoms with van der Waals surface area (Å²) >= 11 is 0. The van der Waals surface area contributed by atoms with Gasteiger partial charge in [-0.1, -0.05) is 13.8 Å². The largest absolute Gasteiger partial charge is 0.357 e. The van der Waals surface area contributed by atoms with Crippen LogP contribution in [0.2, 0.25) is 0 Å². The van der Waals surface area contributed by atoms with Gasteiger partial charge in [-0.05, 0) is 32.6 Å². The molecule has 0 bridgehead atoms. The van der Waals surface area contributed by atoms with E-state index < -0.39 is 0 Å². The first kappa shape index (κ1) is 19.8. The smallest absolute Gasteiger partial charge is 0.191 e. The van der Waals surface area contributed by atoms with Crippen LogP contribution in [0.3, 0.4) is 0 Å².